The first kappa shape index (κ1) is 12.0. The van der Waals surface area contributed by atoms with E-state index in [-0.39, 0.29) is 0 Å². The molecule has 0 amide bonds. The van der Waals surface area contributed by atoms with Gasteiger partial charge < -0.3 is 4.74 Å². The number of para-hydroxylation sites is 1. The first-order chi connectivity index (χ1) is 10.3. The molecule has 1 nitrogen and oxygen atoms in total. The lowest BCUT2D eigenvalue weighted by Crippen LogP contribution is -2.19. The Bertz CT molecular complexity index is 924. The van der Waals surface area contributed by atoms with Crippen molar-refractivity contribution >= 4 is 12.2 Å². The largest absolute Gasteiger partial charge is 0.456 e. The Balaban J connectivity index is 2.15. The van der Waals surface area contributed by atoms with Crippen LogP contribution < -0.4 is 15.2 Å². The van der Waals surface area contributed by atoms with Gasteiger partial charge in [-0.15, -0.1) is 0 Å². The summed E-state index contributed by atoms with van der Waals surface area (Å²) in [5.41, 5.74) is 3.55. The van der Waals surface area contributed by atoms with Gasteiger partial charge in [0.1, 0.15) is 11.5 Å². The molecule has 0 bridgehead atoms. The Morgan fingerprint density at radius 3 is 2.33 bits per heavy atom. The zero-order valence-electron chi connectivity index (χ0n) is 11.5. The van der Waals surface area contributed by atoms with Crippen LogP contribution in [0.25, 0.3) is 12.2 Å². The van der Waals surface area contributed by atoms with E-state index in [9.17, 15) is 0 Å². The number of rotatable bonds is 1. The molecule has 0 saturated heterocycles. The normalized spacial score (nSPS) is 12.3. The molecule has 0 fully saturated rings. The van der Waals surface area contributed by atoms with Gasteiger partial charge in [0.15, 0.2) is 0 Å². The lowest BCUT2D eigenvalue weighted by molar-refractivity contribution is 0.472. The Hall–Kier alpha value is -2.80. The van der Waals surface area contributed by atoms with Crippen LogP contribution in [0, 0.1) is 0 Å². The summed E-state index contributed by atoms with van der Waals surface area (Å²) in [5, 5.41) is 2.08. The summed E-state index contributed by atoms with van der Waals surface area (Å²) in [7, 11) is 0. The van der Waals surface area contributed by atoms with Crippen molar-refractivity contribution < 1.29 is 4.74 Å². The van der Waals surface area contributed by atoms with Crippen LogP contribution in [0.2, 0.25) is 0 Å². The second-order valence-corrected chi connectivity index (χ2v) is 5.17. The van der Waals surface area contributed by atoms with E-state index in [1.54, 1.807) is 0 Å². The number of hydrogen-bond acceptors (Lipinski definition) is 1. The molecule has 1 heterocycles. The highest BCUT2D eigenvalue weighted by Crippen LogP contribution is 2.35. The third kappa shape index (κ3) is 1.95. The fourth-order valence-corrected chi connectivity index (χ4v) is 2.80. The third-order valence-electron chi connectivity index (χ3n) is 3.75. The highest BCUT2D eigenvalue weighted by Gasteiger charge is 2.18. The molecule has 0 atom stereocenters. The molecule has 1 aliphatic heterocycles. The summed E-state index contributed by atoms with van der Waals surface area (Å²) < 4.78 is 6.05. The minimum absolute atomic E-state index is 0.875. The summed E-state index contributed by atoms with van der Waals surface area (Å²) in [5.74, 6) is 1.77. The van der Waals surface area contributed by atoms with Gasteiger partial charge in [0, 0.05) is 16.4 Å². The second kappa shape index (κ2) is 4.64. The maximum atomic E-state index is 6.05. The third-order valence-corrected chi connectivity index (χ3v) is 3.75. The van der Waals surface area contributed by atoms with E-state index in [2.05, 4.69) is 43.0 Å². The molecule has 21 heavy (non-hydrogen) atoms. The summed E-state index contributed by atoms with van der Waals surface area (Å²) in [4.78, 5) is 0. The molecule has 100 valence electrons. The SMILES string of the molecule is C=c1ccc2c(c1)Oc1ccccc1C=2c1ccccc1. The van der Waals surface area contributed by atoms with Crippen molar-refractivity contribution in [3.05, 3.63) is 94.4 Å². The minimum atomic E-state index is 0.875. The van der Waals surface area contributed by atoms with Crippen molar-refractivity contribution in [2.45, 2.75) is 0 Å². The van der Waals surface area contributed by atoms with E-state index in [4.69, 9.17) is 4.74 Å². The fourth-order valence-electron chi connectivity index (χ4n) is 2.80. The van der Waals surface area contributed by atoms with Gasteiger partial charge >= 0.3 is 0 Å². The zero-order chi connectivity index (χ0) is 14.2. The molecule has 1 heteroatoms. The molecule has 0 unspecified atom stereocenters. The van der Waals surface area contributed by atoms with E-state index in [1.807, 2.05) is 36.4 Å². The lowest BCUT2D eigenvalue weighted by atomic mass is 9.93. The fraction of sp³-hybridized carbons (Fsp3) is 0. The van der Waals surface area contributed by atoms with Gasteiger partial charge in [0.2, 0.25) is 0 Å². The van der Waals surface area contributed by atoms with Gasteiger partial charge in [-0.3, -0.25) is 0 Å². The lowest BCUT2D eigenvalue weighted by Gasteiger charge is -2.20. The average Bonchev–Trinajstić information content (AvgIpc) is 2.53. The molecule has 3 aromatic carbocycles. The average molecular weight is 270 g/mol. The molecular weight excluding hydrogens is 256 g/mol. The Labute approximate surface area is 123 Å². The van der Waals surface area contributed by atoms with E-state index < -0.39 is 0 Å². The first-order valence-electron chi connectivity index (χ1n) is 6.99. The molecule has 1 aliphatic rings. The number of fused-ring (bicyclic) bond motifs is 2. The minimum Gasteiger partial charge on any atom is -0.456 e. The van der Waals surface area contributed by atoms with E-state index in [0.29, 0.717) is 0 Å². The molecule has 3 aromatic rings. The van der Waals surface area contributed by atoms with Crippen LogP contribution in [0.4, 0.5) is 0 Å². The van der Waals surface area contributed by atoms with Crippen molar-refractivity contribution in [3.63, 3.8) is 0 Å². The van der Waals surface area contributed by atoms with Gasteiger partial charge in [0.25, 0.3) is 0 Å². The monoisotopic (exact) mass is 270 g/mol. The molecule has 0 radical (unpaired) electrons. The van der Waals surface area contributed by atoms with E-state index in [0.717, 1.165) is 27.5 Å². The quantitative estimate of drug-likeness (QED) is 0.515. The highest BCUT2D eigenvalue weighted by molar-refractivity contribution is 5.84. The van der Waals surface area contributed by atoms with Crippen LogP contribution in [0.5, 0.6) is 11.5 Å². The zero-order valence-corrected chi connectivity index (χ0v) is 11.5. The van der Waals surface area contributed by atoms with Crippen molar-refractivity contribution in [1.29, 1.82) is 0 Å². The molecule has 4 rings (SSSR count). The van der Waals surface area contributed by atoms with Crippen LogP contribution in [0.3, 0.4) is 0 Å². The van der Waals surface area contributed by atoms with Crippen molar-refractivity contribution in [2.75, 3.05) is 0 Å². The number of ether oxygens (including phenoxy) is 1. The van der Waals surface area contributed by atoms with Gasteiger partial charge in [-0.1, -0.05) is 67.2 Å². The van der Waals surface area contributed by atoms with Crippen LogP contribution in [0.15, 0.2) is 72.8 Å². The predicted octanol–water partition coefficient (Wildman–Crippen LogP) is 3.45. The highest BCUT2D eigenvalue weighted by atomic mass is 16.5. The maximum Gasteiger partial charge on any atom is 0.135 e. The van der Waals surface area contributed by atoms with Gasteiger partial charge in [-0.25, -0.2) is 0 Å². The molecule has 0 spiro atoms. The predicted molar refractivity (Wildman–Crippen MR) is 85.8 cm³/mol. The standard InChI is InChI=1S/C20H14O/c1-14-11-12-17-19(13-14)21-18-10-6-5-9-16(18)20(17)15-7-3-2-4-8-15/h2-13H,1H2. The summed E-state index contributed by atoms with van der Waals surface area (Å²) in [6.45, 7) is 3.99. The number of benzene rings is 3. The Morgan fingerprint density at radius 2 is 1.48 bits per heavy atom. The summed E-state index contributed by atoms with van der Waals surface area (Å²) >= 11 is 0. The van der Waals surface area contributed by atoms with Gasteiger partial charge in [-0.2, -0.15) is 0 Å². The molecule has 0 N–H and O–H groups in total. The smallest absolute Gasteiger partial charge is 0.135 e. The maximum absolute atomic E-state index is 6.05. The van der Waals surface area contributed by atoms with Crippen LogP contribution in [-0.4, -0.2) is 0 Å². The second-order valence-electron chi connectivity index (χ2n) is 5.17. The van der Waals surface area contributed by atoms with Crippen LogP contribution in [0.1, 0.15) is 11.1 Å². The molecule has 0 aromatic heterocycles. The topological polar surface area (TPSA) is 9.23 Å². The van der Waals surface area contributed by atoms with Crippen molar-refractivity contribution in [3.8, 4) is 11.5 Å². The summed E-state index contributed by atoms with van der Waals surface area (Å²) in [6.07, 6.45) is 0. The molecule has 0 saturated carbocycles. The Morgan fingerprint density at radius 1 is 0.714 bits per heavy atom. The molecular formula is C20H14O. The van der Waals surface area contributed by atoms with Crippen LogP contribution in [-0.2, 0) is 0 Å². The first-order valence-corrected chi connectivity index (χ1v) is 6.99. The Kier molecular flexibility index (Phi) is 2.65. The summed E-state index contributed by atoms with van der Waals surface area (Å²) in [6, 6.07) is 24.7. The van der Waals surface area contributed by atoms with Crippen molar-refractivity contribution in [2.24, 2.45) is 0 Å². The molecule has 0 aliphatic carbocycles. The van der Waals surface area contributed by atoms with Crippen LogP contribution >= 0.6 is 0 Å². The van der Waals surface area contributed by atoms with E-state index in [1.165, 1.54) is 11.1 Å². The van der Waals surface area contributed by atoms with Gasteiger partial charge in [0.05, 0.1) is 0 Å². The number of hydrogen-bond donors (Lipinski definition) is 0. The van der Waals surface area contributed by atoms with Gasteiger partial charge in [-0.05, 0) is 22.9 Å². The van der Waals surface area contributed by atoms with Crippen molar-refractivity contribution in [1.82, 2.24) is 0 Å². The van der Waals surface area contributed by atoms with E-state index >= 15 is 0 Å².